The van der Waals surface area contributed by atoms with Crippen LogP contribution in [0.25, 0.3) is 0 Å². The van der Waals surface area contributed by atoms with E-state index in [0.717, 1.165) is 12.8 Å². The first-order chi connectivity index (χ1) is 6.48. The van der Waals surface area contributed by atoms with Crippen LogP contribution >= 0.6 is 0 Å². The van der Waals surface area contributed by atoms with Crippen LogP contribution in [-0.4, -0.2) is 18.0 Å². The minimum Gasteiger partial charge on any atom is -0.353 e. The van der Waals surface area contributed by atoms with Gasteiger partial charge in [-0.05, 0) is 32.6 Å². The summed E-state index contributed by atoms with van der Waals surface area (Å²) in [6.07, 6.45) is 2.07. The molecular weight excluding hydrogens is 178 g/mol. The number of carbonyl (C=O) groups excluding carboxylic acids is 1. The zero-order valence-corrected chi connectivity index (χ0v) is 8.71. The molecule has 0 heterocycles. The molecule has 1 aliphatic carbocycles. The number of hydrogen-bond donors (Lipinski definition) is 2. The summed E-state index contributed by atoms with van der Waals surface area (Å²) in [7, 11) is 0. The number of hydrogen-bond acceptors (Lipinski definition) is 3. The van der Waals surface area contributed by atoms with Gasteiger partial charge in [0.1, 0.15) is 0 Å². The Labute approximate surface area is 84.5 Å². The minimum atomic E-state index is -0.755. The maximum atomic E-state index is 11.6. The lowest BCUT2D eigenvalue weighted by atomic mass is 9.96. The van der Waals surface area contributed by atoms with E-state index in [1.54, 1.807) is 13.8 Å². The Balaban J connectivity index is 2.38. The van der Waals surface area contributed by atoms with Gasteiger partial charge in [-0.25, -0.2) is 0 Å². The lowest BCUT2D eigenvalue weighted by Gasteiger charge is -2.23. The lowest BCUT2D eigenvalue weighted by molar-refractivity contribution is -0.126. The largest absolute Gasteiger partial charge is 0.353 e. The number of carbonyl (C=O) groups is 1. The number of nitrogens with zero attached hydrogens (tertiary/aromatic N) is 1. The highest BCUT2D eigenvalue weighted by Gasteiger charge is 2.43. The molecular formula is C10H17N3O. The monoisotopic (exact) mass is 195 g/mol. The molecule has 0 aromatic rings. The van der Waals surface area contributed by atoms with E-state index in [1.165, 1.54) is 0 Å². The fraction of sp³-hybridized carbons (Fsp3) is 0.800. The van der Waals surface area contributed by atoms with Crippen molar-refractivity contribution in [1.82, 2.24) is 5.32 Å². The van der Waals surface area contributed by atoms with Crippen LogP contribution in [0.4, 0.5) is 0 Å². The average molecular weight is 195 g/mol. The molecule has 0 aromatic carbocycles. The Morgan fingerprint density at radius 1 is 1.79 bits per heavy atom. The summed E-state index contributed by atoms with van der Waals surface area (Å²) in [4.78, 5) is 11.6. The van der Waals surface area contributed by atoms with Gasteiger partial charge in [0.25, 0.3) is 0 Å². The first-order valence-corrected chi connectivity index (χ1v) is 4.95. The van der Waals surface area contributed by atoms with Crippen LogP contribution in [-0.2, 0) is 4.79 Å². The fourth-order valence-corrected chi connectivity index (χ4v) is 1.35. The maximum Gasteiger partial charge on any atom is 0.240 e. The van der Waals surface area contributed by atoms with Gasteiger partial charge in [-0.15, -0.1) is 0 Å². The molecule has 78 valence electrons. The molecule has 1 aliphatic rings. The Bertz CT molecular complexity index is 263. The second-order valence-electron chi connectivity index (χ2n) is 4.30. The van der Waals surface area contributed by atoms with Gasteiger partial charge >= 0.3 is 0 Å². The summed E-state index contributed by atoms with van der Waals surface area (Å²) >= 11 is 0. The van der Waals surface area contributed by atoms with Crippen molar-refractivity contribution in [1.29, 1.82) is 5.26 Å². The molecule has 4 nitrogen and oxygen atoms in total. The van der Waals surface area contributed by atoms with Crippen LogP contribution in [0.15, 0.2) is 0 Å². The van der Waals surface area contributed by atoms with Crippen LogP contribution in [0, 0.1) is 23.2 Å². The van der Waals surface area contributed by atoms with Crippen LogP contribution in [0.2, 0.25) is 0 Å². The summed E-state index contributed by atoms with van der Waals surface area (Å²) in [5.74, 6) is 0.0240. The lowest BCUT2D eigenvalue weighted by Crippen LogP contribution is -2.54. The molecule has 2 unspecified atom stereocenters. The zero-order valence-electron chi connectivity index (χ0n) is 8.71. The van der Waals surface area contributed by atoms with E-state index >= 15 is 0 Å². The van der Waals surface area contributed by atoms with Crippen LogP contribution in [0.5, 0.6) is 0 Å². The minimum absolute atomic E-state index is 0.137. The van der Waals surface area contributed by atoms with E-state index < -0.39 is 5.54 Å². The summed E-state index contributed by atoms with van der Waals surface area (Å²) in [5, 5.41) is 11.2. The predicted molar refractivity (Wildman–Crippen MR) is 53.1 cm³/mol. The molecule has 1 fully saturated rings. The van der Waals surface area contributed by atoms with Crippen molar-refractivity contribution in [2.45, 2.75) is 32.2 Å². The van der Waals surface area contributed by atoms with Crippen molar-refractivity contribution < 1.29 is 4.79 Å². The van der Waals surface area contributed by atoms with Crippen molar-refractivity contribution in [2.24, 2.45) is 17.6 Å². The van der Waals surface area contributed by atoms with E-state index in [4.69, 9.17) is 11.0 Å². The summed E-state index contributed by atoms with van der Waals surface area (Å²) in [5.41, 5.74) is 5.14. The molecule has 1 rings (SSSR count). The summed E-state index contributed by atoms with van der Waals surface area (Å²) in [6, 6.07) is 2.06. The second kappa shape index (κ2) is 3.97. The normalized spacial score (nSPS) is 21.9. The van der Waals surface area contributed by atoms with Crippen molar-refractivity contribution in [2.75, 3.05) is 6.54 Å². The van der Waals surface area contributed by atoms with Gasteiger partial charge in [0, 0.05) is 6.54 Å². The SMILES string of the molecule is CC(C#N)CNC(=O)C(C)(N)C1CC1. The Hall–Kier alpha value is -1.08. The van der Waals surface area contributed by atoms with Crippen molar-refractivity contribution >= 4 is 5.91 Å². The Morgan fingerprint density at radius 3 is 2.79 bits per heavy atom. The molecule has 2 atom stereocenters. The zero-order chi connectivity index (χ0) is 10.8. The highest BCUT2D eigenvalue weighted by molar-refractivity contribution is 5.86. The second-order valence-corrected chi connectivity index (χ2v) is 4.30. The van der Waals surface area contributed by atoms with Gasteiger partial charge in [-0.1, -0.05) is 0 Å². The summed E-state index contributed by atoms with van der Waals surface area (Å²) in [6.45, 7) is 3.91. The van der Waals surface area contributed by atoms with Crippen molar-refractivity contribution in [3.63, 3.8) is 0 Å². The van der Waals surface area contributed by atoms with E-state index in [0.29, 0.717) is 12.5 Å². The van der Waals surface area contributed by atoms with E-state index in [-0.39, 0.29) is 11.8 Å². The summed E-state index contributed by atoms with van der Waals surface area (Å²) < 4.78 is 0. The van der Waals surface area contributed by atoms with Gasteiger partial charge in [0.05, 0.1) is 17.5 Å². The van der Waals surface area contributed by atoms with Crippen LogP contribution in [0.3, 0.4) is 0 Å². The predicted octanol–water partition coefficient (Wildman–Crippen LogP) is 0.390. The molecule has 0 radical (unpaired) electrons. The highest BCUT2D eigenvalue weighted by Crippen LogP contribution is 2.38. The molecule has 4 heteroatoms. The third kappa shape index (κ3) is 2.46. The Morgan fingerprint density at radius 2 is 2.36 bits per heavy atom. The van der Waals surface area contributed by atoms with Crippen LogP contribution < -0.4 is 11.1 Å². The first-order valence-electron chi connectivity index (χ1n) is 4.95. The number of rotatable bonds is 4. The number of nitriles is 1. The molecule has 1 amide bonds. The third-order valence-corrected chi connectivity index (χ3v) is 2.70. The van der Waals surface area contributed by atoms with Crippen molar-refractivity contribution in [3.8, 4) is 6.07 Å². The van der Waals surface area contributed by atoms with Gasteiger partial charge in [-0.2, -0.15) is 5.26 Å². The van der Waals surface area contributed by atoms with E-state index in [9.17, 15) is 4.79 Å². The highest BCUT2D eigenvalue weighted by atomic mass is 16.2. The Kier molecular flexibility index (Phi) is 3.12. The average Bonchev–Trinajstić information content (AvgIpc) is 2.96. The maximum absolute atomic E-state index is 11.6. The molecule has 0 bridgehead atoms. The van der Waals surface area contributed by atoms with E-state index in [2.05, 4.69) is 11.4 Å². The molecule has 0 saturated heterocycles. The number of nitrogens with one attached hydrogen (secondary N) is 1. The molecule has 0 aliphatic heterocycles. The third-order valence-electron chi connectivity index (χ3n) is 2.70. The topological polar surface area (TPSA) is 78.9 Å². The van der Waals surface area contributed by atoms with E-state index in [1.807, 2.05) is 0 Å². The first kappa shape index (κ1) is 11.0. The van der Waals surface area contributed by atoms with Gasteiger partial charge in [0.2, 0.25) is 5.91 Å². The quantitative estimate of drug-likeness (QED) is 0.681. The standard InChI is InChI=1S/C10H17N3O/c1-7(5-11)6-13-9(14)10(2,12)8-3-4-8/h7-8H,3-4,6,12H2,1-2H3,(H,13,14). The molecule has 0 spiro atoms. The smallest absolute Gasteiger partial charge is 0.240 e. The van der Waals surface area contributed by atoms with Crippen LogP contribution in [0.1, 0.15) is 26.7 Å². The molecule has 1 saturated carbocycles. The molecule has 14 heavy (non-hydrogen) atoms. The van der Waals surface area contributed by atoms with Crippen molar-refractivity contribution in [3.05, 3.63) is 0 Å². The molecule has 0 aromatic heterocycles. The van der Waals surface area contributed by atoms with Gasteiger partial charge in [-0.3, -0.25) is 4.79 Å². The fourth-order valence-electron chi connectivity index (χ4n) is 1.35. The molecule has 3 N–H and O–H groups in total. The number of nitrogens with two attached hydrogens (primary N) is 1. The van der Waals surface area contributed by atoms with Gasteiger partial charge in [0.15, 0.2) is 0 Å². The number of amides is 1. The van der Waals surface area contributed by atoms with Gasteiger partial charge < -0.3 is 11.1 Å².